The fraction of sp³-hybridized carbons (Fsp3) is 0.500. The maximum Gasteiger partial charge on any atom is 0.424 e. The number of benzene rings is 2. The molecule has 0 N–H and O–H groups in total. The molecule has 1 amide bonds. The first-order chi connectivity index (χ1) is 16.2. The second kappa shape index (κ2) is 12.9. The van der Waals surface area contributed by atoms with Gasteiger partial charge in [0.25, 0.3) is 0 Å². The lowest BCUT2D eigenvalue weighted by atomic mass is 9.91. The average Bonchev–Trinajstić information content (AvgIpc) is 3.12. The number of hydrazine groups is 1. The number of hydrogen-bond acceptors (Lipinski definition) is 7. The molecule has 2 aromatic rings. The molecule has 0 aromatic heterocycles. The van der Waals surface area contributed by atoms with Crippen molar-refractivity contribution in [2.24, 2.45) is 5.92 Å². The highest BCUT2D eigenvalue weighted by molar-refractivity contribution is 5.83. The number of ether oxygens (including phenoxy) is 2. The number of hydrogen-bond donors (Lipinski definition) is 0. The number of fused-ring (bicyclic) bond motifs is 1. The molecule has 0 aliphatic carbocycles. The van der Waals surface area contributed by atoms with Gasteiger partial charge in [-0.1, -0.05) is 42.5 Å². The Morgan fingerprint density at radius 3 is 2.29 bits per heavy atom. The van der Waals surface area contributed by atoms with Gasteiger partial charge in [0.15, 0.2) is 0 Å². The fourth-order valence-electron chi connectivity index (χ4n) is 4.43. The maximum atomic E-state index is 12.8. The maximum absolute atomic E-state index is 12.8. The molecular formula is C26H34N2O6. The van der Waals surface area contributed by atoms with Gasteiger partial charge in [-0.05, 0) is 57.4 Å². The number of amides is 1. The number of rotatable bonds is 7. The summed E-state index contributed by atoms with van der Waals surface area (Å²) in [7, 11) is 0. The Hall–Kier alpha value is -3.22. The molecule has 0 spiro atoms. The smallest absolute Gasteiger partial charge is 0.424 e. The van der Waals surface area contributed by atoms with E-state index in [2.05, 4.69) is 49.2 Å². The third-order valence-electron chi connectivity index (χ3n) is 5.64. The van der Waals surface area contributed by atoms with E-state index >= 15 is 0 Å². The van der Waals surface area contributed by atoms with Crippen LogP contribution in [0.1, 0.15) is 46.6 Å². The summed E-state index contributed by atoms with van der Waals surface area (Å²) < 4.78 is 10.7. The molecule has 2 atom stereocenters. The number of nitrogens with zero attached hydrogens (tertiary/aromatic N) is 2. The number of carbonyl (C=O) groups is 2. The predicted molar refractivity (Wildman–Crippen MR) is 126 cm³/mol. The minimum atomic E-state index is -0.362. The summed E-state index contributed by atoms with van der Waals surface area (Å²) in [5.74, 6) is -0.258. The lowest BCUT2D eigenvalue weighted by molar-refractivity contribution is -0.191. The fourth-order valence-corrected chi connectivity index (χ4v) is 4.43. The van der Waals surface area contributed by atoms with E-state index in [0.717, 1.165) is 6.42 Å². The van der Waals surface area contributed by atoms with E-state index in [1.165, 1.54) is 16.3 Å². The summed E-state index contributed by atoms with van der Waals surface area (Å²) in [4.78, 5) is 41.4. The third kappa shape index (κ3) is 7.14. The second-order valence-corrected chi connectivity index (χ2v) is 8.79. The van der Waals surface area contributed by atoms with Crippen molar-refractivity contribution in [1.29, 1.82) is 0 Å². The van der Waals surface area contributed by atoms with Crippen LogP contribution in [-0.4, -0.2) is 59.6 Å². The van der Waals surface area contributed by atoms with Gasteiger partial charge >= 0.3 is 18.2 Å². The molecule has 1 heterocycles. The van der Waals surface area contributed by atoms with Crippen molar-refractivity contribution in [1.82, 2.24) is 10.0 Å². The molecular weight excluding hydrogens is 436 g/mol. The molecule has 1 aliphatic heterocycles. The van der Waals surface area contributed by atoms with Crippen LogP contribution in [-0.2, 0) is 30.3 Å². The molecule has 8 heteroatoms. The van der Waals surface area contributed by atoms with Crippen molar-refractivity contribution in [3.05, 3.63) is 48.0 Å². The van der Waals surface area contributed by atoms with Gasteiger partial charge in [0.05, 0.1) is 19.1 Å². The monoisotopic (exact) mass is 470 g/mol. The molecule has 184 valence electrons. The minimum absolute atomic E-state index is 0.00900. The Morgan fingerprint density at radius 2 is 1.71 bits per heavy atom. The van der Waals surface area contributed by atoms with Crippen LogP contribution in [0, 0.1) is 5.92 Å². The third-order valence-corrected chi connectivity index (χ3v) is 5.64. The summed E-state index contributed by atoms with van der Waals surface area (Å²) in [5.41, 5.74) is 1.18. The molecule has 8 nitrogen and oxygen atoms in total. The van der Waals surface area contributed by atoms with E-state index in [4.69, 9.17) is 19.1 Å². The normalized spacial score (nSPS) is 17.9. The second-order valence-electron chi connectivity index (χ2n) is 8.79. The zero-order chi connectivity index (χ0) is 25.3. The molecule has 0 bridgehead atoms. The van der Waals surface area contributed by atoms with Crippen molar-refractivity contribution in [3.63, 3.8) is 0 Å². The molecule has 1 fully saturated rings. The minimum Gasteiger partial charge on any atom is -0.466 e. The van der Waals surface area contributed by atoms with Crippen molar-refractivity contribution < 1.29 is 28.7 Å². The Bertz CT molecular complexity index is 1000. The highest BCUT2D eigenvalue weighted by Gasteiger charge is 2.45. The van der Waals surface area contributed by atoms with Crippen LogP contribution in [0.2, 0.25) is 0 Å². The first kappa shape index (κ1) is 27.0. The van der Waals surface area contributed by atoms with Crippen molar-refractivity contribution >= 4 is 29.0 Å². The average molecular weight is 471 g/mol. The van der Waals surface area contributed by atoms with Crippen LogP contribution in [0.3, 0.4) is 0 Å². The van der Waals surface area contributed by atoms with E-state index < -0.39 is 0 Å². The molecule has 34 heavy (non-hydrogen) atoms. The zero-order valence-corrected chi connectivity index (χ0v) is 20.5. The topological polar surface area (TPSA) is 93.2 Å². The SMILES string of the molecule is CCOC(=O)C[C@H]1CN(C(=O)OC(C)C)N(C(C)C)[C@@H]1Cc1ccc2ccccc2c1.O=C=O. The van der Waals surface area contributed by atoms with Crippen molar-refractivity contribution in [3.8, 4) is 0 Å². The number of carbonyl (C=O) groups excluding carboxylic acids is 4. The number of esters is 1. The highest BCUT2D eigenvalue weighted by atomic mass is 16.6. The first-order valence-electron chi connectivity index (χ1n) is 11.6. The van der Waals surface area contributed by atoms with Crippen molar-refractivity contribution in [2.45, 2.75) is 65.6 Å². The van der Waals surface area contributed by atoms with Crippen LogP contribution in [0.4, 0.5) is 4.79 Å². The molecule has 2 aromatic carbocycles. The van der Waals surface area contributed by atoms with Crippen LogP contribution in [0.5, 0.6) is 0 Å². The van der Waals surface area contributed by atoms with Gasteiger partial charge in [-0.15, -0.1) is 0 Å². The van der Waals surface area contributed by atoms with Crippen LogP contribution >= 0.6 is 0 Å². The lowest BCUT2D eigenvalue weighted by Crippen LogP contribution is -2.50. The van der Waals surface area contributed by atoms with Crippen molar-refractivity contribution in [2.75, 3.05) is 13.2 Å². The summed E-state index contributed by atoms with van der Waals surface area (Å²) in [6.45, 7) is 10.4. The van der Waals surface area contributed by atoms with Gasteiger partial charge in [-0.3, -0.25) is 4.79 Å². The largest absolute Gasteiger partial charge is 0.466 e. The van der Waals surface area contributed by atoms with Gasteiger partial charge in [0.2, 0.25) is 0 Å². The van der Waals surface area contributed by atoms with E-state index in [0.29, 0.717) is 13.2 Å². The summed E-state index contributed by atoms with van der Waals surface area (Å²) in [5, 5.41) is 6.15. The van der Waals surface area contributed by atoms with Gasteiger partial charge in [-0.2, -0.15) is 9.59 Å². The molecule has 0 radical (unpaired) electrons. The Balaban J connectivity index is 0.00000129. The summed E-state index contributed by atoms with van der Waals surface area (Å²) in [6, 6.07) is 14.8. The summed E-state index contributed by atoms with van der Waals surface area (Å²) in [6.07, 6.45) is 0.697. The first-order valence-corrected chi connectivity index (χ1v) is 11.6. The molecule has 3 rings (SSSR count). The molecule has 1 saturated heterocycles. The van der Waals surface area contributed by atoms with Crippen LogP contribution in [0.25, 0.3) is 10.8 Å². The Morgan fingerprint density at radius 1 is 1.06 bits per heavy atom. The Kier molecular flexibility index (Phi) is 10.2. The quantitative estimate of drug-likeness (QED) is 0.559. The molecule has 0 saturated carbocycles. The lowest BCUT2D eigenvalue weighted by Gasteiger charge is -2.35. The predicted octanol–water partition coefficient (Wildman–Crippen LogP) is 4.22. The Labute approximate surface area is 200 Å². The zero-order valence-electron chi connectivity index (χ0n) is 20.5. The highest BCUT2D eigenvalue weighted by Crippen LogP contribution is 2.33. The summed E-state index contributed by atoms with van der Waals surface area (Å²) >= 11 is 0. The van der Waals surface area contributed by atoms with Gasteiger partial charge in [-0.25, -0.2) is 14.8 Å². The van der Waals surface area contributed by atoms with E-state index in [1.807, 2.05) is 32.9 Å². The van der Waals surface area contributed by atoms with E-state index in [1.54, 1.807) is 5.01 Å². The standard InChI is InChI=1S/C25H34N2O4.CO2/c1-6-30-24(28)15-22-16-26(25(29)31-18(4)5)27(17(2)3)23(22)14-19-11-12-20-9-7-8-10-21(20)13-19;2-1-3/h7-13,17-18,22-23H,6,14-16H2,1-5H3;/t22-,23+;/m0./s1. The van der Waals surface area contributed by atoms with Crippen LogP contribution in [0.15, 0.2) is 42.5 Å². The van der Waals surface area contributed by atoms with Crippen LogP contribution < -0.4 is 0 Å². The van der Waals surface area contributed by atoms with Gasteiger partial charge in [0.1, 0.15) is 0 Å². The van der Waals surface area contributed by atoms with E-state index in [-0.39, 0.29) is 48.7 Å². The van der Waals surface area contributed by atoms with Gasteiger partial charge < -0.3 is 9.47 Å². The molecule has 1 aliphatic rings. The van der Waals surface area contributed by atoms with Gasteiger partial charge in [0, 0.05) is 24.5 Å². The molecule has 0 unspecified atom stereocenters. The van der Waals surface area contributed by atoms with E-state index in [9.17, 15) is 9.59 Å².